The standard InChI is InChI=1S/C23H28N4O2/c1-14(2)23(29)24-17(5)22-26-19-8-6-7-9-20(19)27(22)13-21(28)25-18-11-10-15(3)16(4)12-18/h6-12,14,17H,13H2,1-5H3,(H,24,29)(H,25,28). The van der Waals surface area contributed by atoms with Gasteiger partial charge in [0.25, 0.3) is 0 Å². The van der Waals surface area contributed by atoms with Crippen LogP contribution in [0.5, 0.6) is 0 Å². The molecular weight excluding hydrogens is 364 g/mol. The largest absolute Gasteiger partial charge is 0.346 e. The van der Waals surface area contributed by atoms with Crippen LogP contribution in [0.3, 0.4) is 0 Å². The molecule has 0 spiro atoms. The molecule has 0 aliphatic carbocycles. The third-order valence-corrected chi connectivity index (χ3v) is 5.05. The highest BCUT2D eigenvalue weighted by molar-refractivity contribution is 5.92. The number of para-hydroxylation sites is 2. The molecule has 0 fully saturated rings. The molecule has 0 aliphatic rings. The van der Waals surface area contributed by atoms with Gasteiger partial charge in [0.1, 0.15) is 12.4 Å². The molecule has 0 saturated carbocycles. The molecule has 2 N–H and O–H groups in total. The van der Waals surface area contributed by atoms with E-state index in [1.807, 2.05) is 81.7 Å². The van der Waals surface area contributed by atoms with Crippen molar-refractivity contribution in [3.8, 4) is 0 Å². The summed E-state index contributed by atoms with van der Waals surface area (Å²) in [5.41, 5.74) is 4.74. The van der Waals surface area contributed by atoms with E-state index in [2.05, 4.69) is 15.6 Å². The Morgan fingerprint density at radius 3 is 2.45 bits per heavy atom. The SMILES string of the molecule is Cc1ccc(NC(=O)Cn2c(C(C)NC(=O)C(C)C)nc3ccccc32)cc1C. The highest BCUT2D eigenvalue weighted by Gasteiger charge is 2.21. The molecule has 3 aromatic rings. The van der Waals surface area contributed by atoms with Crippen LogP contribution < -0.4 is 10.6 Å². The minimum Gasteiger partial charge on any atom is -0.346 e. The second kappa shape index (κ2) is 8.47. The van der Waals surface area contributed by atoms with Crippen molar-refractivity contribution in [3.63, 3.8) is 0 Å². The van der Waals surface area contributed by atoms with Gasteiger partial charge in [-0.1, -0.05) is 32.0 Å². The lowest BCUT2D eigenvalue weighted by atomic mass is 10.1. The number of nitrogens with zero attached hydrogens (tertiary/aromatic N) is 2. The van der Waals surface area contributed by atoms with Gasteiger partial charge < -0.3 is 15.2 Å². The minimum absolute atomic E-state index is 0.0457. The Morgan fingerprint density at radius 2 is 1.76 bits per heavy atom. The van der Waals surface area contributed by atoms with E-state index in [0.717, 1.165) is 22.3 Å². The van der Waals surface area contributed by atoms with E-state index in [9.17, 15) is 9.59 Å². The van der Waals surface area contributed by atoms with Crippen LogP contribution >= 0.6 is 0 Å². The first-order chi connectivity index (χ1) is 13.8. The van der Waals surface area contributed by atoms with Crippen molar-refractivity contribution >= 4 is 28.5 Å². The first-order valence-electron chi connectivity index (χ1n) is 9.89. The molecule has 2 amide bonds. The molecule has 0 bridgehead atoms. The number of nitrogens with one attached hydrogen (secondary N) is 2. The van der Waals surface area contributed by atoms with E-state index >= 15 is 0 Å². The zero-order valence-electron chi connectivity index (χ0n) is 17.6. The topological polar surface area (TPSA) is 76.0 Å². The quantitative estimate of drug-likeness (QED) is 0.662. The third kappa shape index (κ3) is 4.65. The predicted molar refractivity (Wildman–Crippen MR) is 116 cm³/mol. The summed E-state index contributed by atoms with van der Waals surface area (Å²) in [6.45, 7) is 9.76. The highest BCUT2D eigenvalue weighted by atomic mass is 16.2. The molecular formula is C23H28N4O2. The summed E-state index contributed by atoms with van der Waals surface area (Å²) < 4.78 is 1.87. The zero-order chi connectivity index (χ0) is 21.1. The number of aryl methyl sites for hydroxylation is 2. The van der Waals surface area contributed by atoms with Gasteiger partial charge in [-0.3, -0.25) is 9.59 Å². The Labute approximate surface area is 171 Å². The smallest absolute Gasteiger partial charge is 0.244 e. The average molecular weight is 393 g/mol. The van der Waals surface area contributed by atoms with Crippen LogP contribution in [0.15, 0.2) is 42.5 Å². The summed E-state index contributed by atoms with van der Waals surface area (Å²) in [5.74, 6) is 0.356. The van der Waals surface area contributed by atoms with Crippen LogP contribution in [0.2, 0.25) is 0 Å². The number of imidazole rings is 1. The van der Waals surface area contributed by atoms with Crippen LogP contribution in [-0.4, -0.2) is 21.4 Å². The van der Waals surface area contributed by atoms with Gasteiger partial charge in [-0.25, -0.2) is 4.98 Å². The zero-order valence-corrected chi connectivity index (χ0v) is 17.6. The summed E-state index contributed by atoms with van der Waals surface area (Å²) in [6.07, 6.45) is 0. The van der Waals surface area contributed by atoms with Crippen molar-refractivity contribution in [2.45, 2.75) is 47.2 Å². The van der Waals surface area contributed by atoms with Crippen molar-refractivity contribution in [2.24, 2.45) is 5.92 Å². The van der Waals surface area contributed by atoms with Gasteiger partial charge in [-0.05, 0) is 56.2 Å². The second-order valence-electron chi connectivity index (χ2n) is 7.78. The Bertz CT molecular complexity index is 1050. The van der Waals surface area contributed by atoms with Gasteiger partial charge in [0.05, 0.1) is 17.1 Å². The van der Waals surface area contributed by atoms with Crippen molar-refractivity contribution in [1.82, 2.24) is 14.9 Å². The number of fused-ring (bicyclic) bond motifs is 1. The predicted octanol–water partition coefficient (Wildman–Crippen LogP) is 4.13. The summed E-state index contributed by atoms with van der Waals surface area (Å²) in [6, 6.07) is 13.2. The molecule has 6 heteroatoms. The fourth-order valence-electron chi connectivity index (χ4n) is 3.20. The van der Waals surface area contributed by atoms with Gasteiger partial charge in [0.2, 0.25) is 11.8 Å². The van der Waals surface area contributed by atoms with E-state index in [0.29, 0.717) is 5.82 Å². The molecule has 3 rings (SSSR count). The highest BCUT2D eigenvalue weighted by Crippen LogP contribution is 2.22. The van der Waals surface area contributed by atoms with Gasteiger partial charge in [-0.15, -0.1) is 0 Å². The summed E-state index contributed by atoms with van der Waals surface area (Å²) in [4.78, 5) is 29.6. The number of rotatable bonds is 6. The Kier molecular flexibility index (Phi) is 6.01. The lowest BCUT2D eigenvalue weighted by molar-refractivity contribution is -0.124. The van der Waals surface area contributed by atoms with Crippen LogP contribution in [0, 0.1) is 19.8 Å². The number of anilines is 1. The third-order valence-electron chi connectivity index (χ3n) is 5.05. The number of benzene rings is 2. The molecule has 0 radical (unpaired) electrons. The van der Waals surface area contributed by atoms with Crippen LogP contribution in [0.4, 0.5) is 5.69 Å². The normalized spacial score (nSPS) is 12.2. The van der Waals surface area contributed by atoms with Gasteiger partial charge in [0, 0.05) is 11.6 Å². The van der Waals surface area contributed by atoms with Crippen LogP contribution in [0.25, 0.3) is 11.0 Å². The second-order valence-corrected chi connectivity index (χ2v) is 7.78. The van der Waals surface area contributed by atoms with E-state index in [-0.39, 0.29) is 30.3 Å². The number of carbonyl (C=O) groups excluding carboxylic acids is 2. The van der Waals surface area contributed by atoms with E-state index < -0.39 is 0 Å². The number of hydrogen-bond acceptors (Lipinski definition) is 3. The van der Waals surface area contributed by atoms with Crippen molar-refractivity contribution in [1.29, 1.82) is 0 Å². The molecule has 2 aromatic carbocycles. The van der Waals surface area contributed by atoms with Crippen LogP contribution in [0.1, 0.15) is 43.8 Å². The molecule has 1 atom stereocenters. The molecule has 29 heavy (non-hydrogen) atoms. The minimum atomic E-state index is -0.313. The fourth-order valence-corrected chi connectivity index (χ4v) is 3.20. The van der Waals surface area contributed by atoms with Crippen molar-refractivity contribution in [2.75, 3.05) is 5.32 Å². The fraction of sp³-hybridized carbons (Fsp3) is 0.348. The maximum atomic E-state index is 12.8. The van der Waals surface area contributed by atoms with Gasteiger partial charge in [0.15, 0.2) is 0 Å². The molecule has 1 aromatic heterocycles. The Hall–Kier alpha value is -3.15. The van der Waals surface area contributed by atoms with E-state index in [4.69, 9.17) is 0 Å². The van der Waals surface area contributed by atoms with E-state index in [1.54, 1.807) is 0 Å². The first-order valence-corrected chi connectivity index (χ1v) is 9.89. The Morgan fingerprint density at radius 1 is 1.03 bits per heavy atom. The lowest BCUT2D eigenvalue weighted by Crippen LogP contribution is -2.32. The molecule has 1 heterocycles. The maximum Gasteiger partial charge on any atom is 0.244 e. The average Bonchev–Trinajstić information content (AvgIpc) is 3.03. The number of amides is 2. The molecule has 6 nitrogen and oxygen atoms in total. The summed E-state index contributed by atoms with van der Waals surface area (Å²) in [5, 5.41) is 5.94. The van der Waals surface area contributed by atoms with E-state index in [1.165, 1.54) is 5.56 Å². The van der Waals surface area contributed by atoms with Gasteiger partial charge >= 0.3 is 0 Å². The van der Waals surface area contributed by atoms with Gasteiger partial charge in [-0.2, -0.15) is 0 Å². The van der Waals surface area contributed by atoms with Crippen LogP contribution in [-0.2, 0) is 16.1 Å². The summed E-state index contributed by atoms with van der Waals surface area (Å²) in [7, 11) is 0. The molecule has 0 aliphatic heterocycles. The lowest BCUT2D eigenvalue weighted by Gasteiger charge is -2.17. The Balaban J connectivity index is 1.87. The monoisotopic (exact) mass is 392 g/mol. The molecule has 0 saturated heterocycles. The maximum absolute atomic E-state index is 12.8. The number of hydrogen-bond donors (Lipinski definition) is 2. The first kappa shape index (κ1) is 20.6. The van der Waals surface area contributed by atoms with Crippen molar-refractivity contribution < 1.29 is 9.59 Å². The molecule has 152 valence electrons. The molecule has 1 unspecified atom stereocenters. The summed E-state index contributed by atoms with van der Waals surface area (Å²) >= 11 is 0. The number of aromatic nitrogens is 2. The number of carbonyl (C=O) groups is 2. The van der Waals surface area contributed by atoms with Crippen molar-refractivity contribution in [3.05, 3.63) is 59.4 Å².